The van der Waals surface area contributed by atoms with E-state index < -0.39 is 0 Å². The van der Waals surface area contributed by atoms with E-state index >= 15 is 0 Å². The highest BCUT2D eigenvalue weighted by Crippen LogP contribution is 2.31. The zero-order valence-electron chi connectivity index (χ0n) is 15.3. The number of nitrogens with zero attached hydrogens (tertiary/aromatic N) is 4. The lowest BCUT2D eigenvalue weighted by atomic mass is 9.97. The van der Waals surface area contributed by atoms with E-state index in [-0.39, 0.29) is 5.75 Å². The van der Waals surface area contributed by atoms with Crippen LogP contribution in [0.15, 0.2) is 65.4 Å². The Bertz CT molecular complexity index is 1120. The molecule has 0 spiro atoms. The molecule has 0 amide bonds. The highest BCUT2D eigenvalue weighted by molar-refractivity contribution is 5.73. The highest BCUT2D eigenvalue weighted by atomic mass is 16.6. The minimum atomic E-state index is 0.260. The van der Waals surface area contributed by atoms with Crippen LogP contribution in [0.5, 0.6) is 5.75 Å². The molecule has 0 aliphatic carbocycles. The van der Waals surface area contributed by atoms with Crippen LogP contribution >= 0.6 is 0 Å². The van der Waals surface area contributed by atoms with Crippen molar-refractivity contribution in [2.24, 2.45) is 0 Å². The topological polar surface area (TPSA) is 75.3 Å². The van der Waals surface area contributed by atoms with E-state index in [1.807, 2.05) is 30.5 Å². The van der Waals surface area contributed by atoms with Gasteiger partial charge in [-0.15, -0.1) is 0 Å². The first kappa shape index (κ1) is 16.9. The molecule has 1 atom stereocenters. The van der Waals surface area contributed by atoms with Crippen molar-refractivity contribution in [2.75, 3.05) is 13.1 Å². The van der Waals surface area contributed by atoms with E-state index in [4.69, 9.17) is 4.63 Å². The third-order valence-electron chi connectivity index (χ3n) is 5.39. The van der Waals surface area contributed by atoms with Gasteiger partial charge in [-0.05, 0) is 76.7 Å². The number of aromatic hydroxyl groups is 1. The second-order valence-corrected chi connectivity index (χ2v) is 7.33. The van der Waals surface area contributed by atoms with E-state index in [9.17, 15) is 5.11 Å². The maximum absolute atomic E-state index is 9.73. The van der Waals surface area contributed by atoms with Gasteiger partial charge in [-0.3, -0.25) is 9.88 Å². The van der Waals surface area contributed by atoms with E-state index in [0.717, 1.165) is 48.3 Å². The number of hydrogen-bond acceptors (Lipinski definition) is 6. The molecule has 1 saturated heterocycles. The maximum atomic E-state index is 9.73. The van der Waals surface area contributed by atoms with Gasteiger partial charge < -0.3 is 5.11 Å². The minimum absolute atomic E-state index is 0.260. The Morgan fingerprint density at radius 3 is 2.89 bits per heavy atom. The summed E-state index contributed by atoms with van der Waals surface area (Å²) in [5, 5.41) is 17.5. The lowest BCUT2D eigenvalue weighted by Gasteiger charge is -2.16. The van der Waals surface area contributed by atoms with Gasteiger partial charge in [-0.25, -0.2) is 4.63 Å². The van der Waals surface area contributed by atoms with Crippen LogP contribution in [0.3, 0.4) is 0 Å². The third kappa shape index (κ3) is 3.34. The van der Waals surface area contributed by atoms with Crippen molar-refractivity contribution >= 4 is 11.0 Å². The fraction of sp³-hybridized carbons (Fsp3) is 0.227. The van der Waals surface area contributed by atoms with Gasteiger partial charge in [0.25, 0.3) is 0 Å². The summed E-state index contributed by atoms with van der Waals surface area (Å²) in [6.07, 6.45) is 2.99. The molecule has 1 aliphatic heterocycles. The van der Waals surface area contributed by atoms with Crippen molar-refractivity contribution < 1.29 is 9.74 Å². The van der Waals surface area contributed by atoms with Gasteiger partial charge in [0.15, 0.2) is 0 Å². The SMILES string of the molecule is Oc1cccc(-c2cc([C@H]3CCN(Cc4ccc5nonc5c4)C3)ccn2)c1. The van der Waals surface area contributed by atoms with Crippen LogP contribution < -0.4 is 0 Å². The zero-order chi connectivity index (χ0) is 18.9. The smallest absolute Gasteiger partial charge is 0.135 e. The molecule has 2 aromatic heterocycles. The van der Waals surface area contributed by atoms with Crippen LogP contribution in [0.25, 0.3) is 22.3 Å². The summed E-state index contributed by atoms with van der Waals surface area (Å²) in [5.74, 6) is 0.743. The van der Waals surface area contributed by atoms with Gasteiger partial charge in [0.2, 0.25) is 0 Å². The molecule has 1 N–H and O–H groups in total. The number of likely N-dealkylation sites (tertiary alicyclic amines) is 1. The van der Waals surface area contributed by atoms with Crippen molar-refractivity contribution in [3.05, 3.63) is 71.9 Å². The molecule has 6 heteroatoms. The van der Waals surface area contributed by atoms with Crippen LogP contribution in [0.1, 0.15) is 23.5 Å². The van der Waals surface area contributed by atoms with Gasteiger partial charge in [-0.1, -0.05) is 18.2 Å². The Kier molecular flexibility index (Phi) is 4.25. The molecule has 5 rings (SSSR count). The van der Waals surface area contributed by atoms with Crippen LogP contribution in [-0.2, 0) is 6.54 Å². The Hall–Kier alpha value is -3.25. The molecular formula is C22H20N4O2. The van der Waals surface area contributed by atoms with Crippen LogP contribution in [0.2, 0.25) is 0 Å². The van der Waals surface area contributed by atoms with E-state index in [0.29, 0.717) is 5.92 Å². The van der Waals surface area contributed by atoms with Gasteiger partial charge >= 0.3 is 0 Å². The Labute approximate surface area is 162 Å². The fourth-order valence-corrected chi connectivity index (χ4v) is 3.96. The molecular weight excluding hydrogens is 352 g/mol. The minimum Gasteiger partial charge on any atom is -0.508 e. The van der Waals surface area contributed by atoms with Crippen molar-refractivity contribution in [3.63, 3.8) is 0 Å². The molecule has 2 aromatic carbocycles. The lowest BCUT2D eigenvalue weighted by molar-refractivity contribution is 0.315. The van der Waals surface area contributed by atoms with Crippen LogP contribution in [0.4, 0.5) is 0 Å². The number of phenols is 1. The predicted molar refractivity (Wildman–Crippen MR) is 106 cm³/mol. The molecule has 1 fully saturated rings. The number of hydrogen-bond donors (Lipinski definition) is 1. The van der Waals surface area contributed by atoms with Crippen molar-refractivity contribution in [1.29, 1.82) is 0 Å². The largest absolute Gasteiger partial charge is 0.508 e. The van der Waals surface area contributed by atoms with Crippen LogP contribution in [-0.4, -0.2) is 38.4 Å². The Balaban J connectivity index is 1.31. The molecule has 0 unspecified atom stereocenters. The van der Waals surface area contributed by atoms with Gasteiger partial charge in [0.05, 0.1) is 5.69 Å². The normalized spacial score (nSPS) is 17.4. The molecule has 1 aliphatic rings. The number of phenolic OH excluding ortho intramolecular Hbond substituents is 1. The van der Waals surface area contributed by atoms with Crippen molar-refractivity contribution in [2.45, 2.75) is 18.9 Å². The number of benzene rings is 2. The quantitative estimate of drug-likeness (QED) is 0.584. The predicted octanol–water partition coefficient (Wildman–Crippen LogP) is 3.98. The van der Waals surface area contributed by atoms with Crippen molar-refractivity contribution in [3.8, 4) is 17.0 Å². The summed E-state index contributed by atoms with van der Waals surface area (Å²) in [7, 11) is 0. The summed E-state index contributed by atoms with van der Waals surface area (Å²) in [4.78, 5) is 6.95. The summed E-state index contributed by atoms with van der Waals surface area (Å²) in [6, 6.07) is 17.6. The average molecular weight is 372 g/mol. The highest BCUT2D eigenvalue weighted by Gasteiger charge is 2.24. The summed E-state index contributed by atoms with van der Waals surface area (Å²) >= 11 is 0. The fourth-order valence-electron chi connectivity index (χ4n) is 3.96. The Morgan fingerprint density at radius 2 is 1.96 bits per heavy atom. The van der Waals surface area contributed by atoms with Crippen molar-refractivity contribution in [1.82, 2.24) is 20.2 Å². The molecule has 3 heterocycles. The number of fused-ring (bicyclic) bond motifs is 1. The maximum Gasteiger partial charge on any atom is 0.135 e. The zero-order valence-corrected chi connectivity index (χ0v) is 15.3. The molecule has 28 heavy (non-hydrogen) atoms. The molecule has 0 saturated carbocycles. The second kappa shape index (κ2) is 7.05. The molecule has 0 radical (unpaired) electrons. The molecule has 0 bridgehead atoms. The first-order chi connectivity index (χ1) is 13.7. The summed E-state index contributed by atoms with van der Waals surface area (Å²) in [5.41, 5.74) is 5.95. The summed E-state index contributed by atoms with van der Waals surface area (Å²) in [6.45, 7) is 2.96. The third-order valence-corrected chi connectivity index (χ3v) is 5.39. The number of pyridine rings is 1. The molecule has 4 aromatic rings. The first-order valence-electron chi connectivity index (χ1n) is 9.43. The van der Waals surface area contributed by atoms with Gasteiger partial charge in [0.1, 0.15) is 16.8 Å². The monoisotopic (exact) mass is 372 g/mol. The lowest BCUT2D eigenvalue weighted by Crippen LogP contribution is -2.19. The van der Waals surface area contributed by atoms with Gasteiger partial charge in [-0.2, -0.15) is 0 Å². The van der Waals surface area contributed by atoms with E-state index in [1.165, 1.54) is 11.1 Å². The first-order valence-corrected chi connectivity index (χ1v) is 9.43. The number of aromatic nitrogens is 3. The van der Waals surface area contributed by atoms with E-state index in [1.54, 1.807) is 12.1 Å². The standard InChI is InChI=1S/C22H20N4O2/c27-19-3-1-2-17(11-19)21-12-16(6-8-23-21)18-7-9-26(14-18)13-15-4-5-20-22(10-15)25-28-24-20/h1-6,8,10-12,18,27H,7,9,13-14H2/t18-/m0/s1. The Morgan fingerprint density at radius 1 is 1.04 bits per heavy atom. The second-order valence-electron chi connectivity index (χ2n) is 7.33. The molecule has 6 nitrogen and oxygen atoms in total. The summed E-state index contributed by atoms with van der Waals surface area (Å²) < 4.78 is 4.78. The van der Waals surface area contributed by atoms with Crippen LogP contribution in [0, 0.1) is 0 Å². The van der Waals surface area contributed by atoms with Gasteiger partial charge in [0, 0.05) is 24.8 Å². The molecule has 140 valence electrons. The number of rotatable bonds is 4. The average Bonchev–Trinajstić information content (AvgIpc) is 3.37. The van der Waals surface area contributed by atoms with E-state index in [2.05, 4.69) is 38.4 Å².